The Balaban J connectivity index is 2.25. The van der Waals surface area contributed by atoms with Crippen molar-refractivity contribution in [1.82, 2.24) is 10.2 Å². The molecule has 0 bridgehead atoms. The van der Waals surface area contributed by atoms with Crippen molar-refractivity contribution in [1.29, 1.82) is 0 Å². The van der Waals surface area contributed by atoms with E-state index in [9.17, 15) is 18.0 Å². The molecule has 204 valence electrons. The first kappa shape index (κ1) is 30.9. The molecule has 1 atom stereocenters. The lowest BCUT2D eigenvalue weighted by molar-refractivity contribution is -0.141. The SMILES string of the molecule is Cc1cc(C)cc(N(CCCC(=O)N(Cc2ccc(Cl)cc2Cl)[C@H](C)C(=O)NC(C)(C)C)S(C)(=O)=O)c1. The van der Waals surface area contributed by atoms with Gasteiger partial charge in [0.15, 0.2) is 0 Å². The molecule has 2 aromatic rings. The Kier molecular flexibility index (Phi) is 10.5. The maximum Gasteiger partial charge on any atom is 0.242 e. The van der Waals surface area contributed by atoms with E-state index in [0.29, 0.717) is 21.3 Å². The summed E-state index contributed by atoms with van der Waals surface area (Å²) in [7, 11) is -3.56. The minimum atomic E-state index is -3.56. The van der Waals surface area contributed by atoms with E-state index in [1.54, 1.807) is 25.1 Å². The van der Waals surface area contributed by atoms with Crippen LogP contribution in [0.4, 0.5) is 5.69 Å². The lowest BCUT2D eigenvalue weighted by Gasteiger charge is -2.32. The minimum Gasteiger partial charge on any atom is -0.350 e. The molecular weight excluding hydrogens is 533 g/mol. The van der Waals surface area contributed by atoms with E-state index < -0.39 is 21.6 Å². The quantitative estimate of drug-likeness (QED) is 0.410. The zero-order valence-electron chi connectivity index (χ0n) is 22.6. The summed E-state index contributed by atoms with van der Waals surface area (Å²) in [5.41, 5.74) is 2.65. The van der Waals surface area contributed by atoms with Gasteiger partial charge in [0, 0.05) is 35.1 Å². The van der Waals surface area contributed by atoms with Crippen LogP contribution in [-0.2, 0) is 26.2 Å². The maximum atomic E-state index is 13.4. The first-order valence-corrected chi connectivity index (χ1v) is 14.7. The molecule has 0 radical (unpaired) electrons. The van der Waals surface area contributed by atoms with Gasteiger partial charge in [0.25, 0.3) is 0 Å². The van der Waals surface area contributed by atoms with Crippen molar-refractivity contribution in [2.75, 3.05) is 17.1 Å². The summed E-state index contributed by atoms with van der Waals surface area (Å²) >= 11 is 12.4. The van der Waals surface area contributed by atoms with Crippen LogP contribution >= 0.6 is 23.2 Å². The van der Waals surface area contributed by atoms with Crippen LogP contribution in [0.25, 0.3) is 0 Å². The van der Waals surface area contributed by atoms with Gasteiger partial charge in [0.05, 0.1) is 11.9 Å². The zero-order valence-corrected chi connectivity index (χ0v) is 24.9. The van der Waals surface area contributed by atoms with Crippen molar-refractivity contribution in [3.8, 4) is 0 Å². The summed E-state index contributed by atoms with van der Waals surface area (Å²) in [6, 6.07) is 9.81. The molecule has 1 N–H and O–H groups in total. The number of halogens is 2. The standard InChI is InChI=1S/C27H37Cl2N3O4S/c1-18-13-19(2)15-23(14-18)32(37(7,35)36)12-8-9-25(33)31(20(3)26(34)30-27(4,5)6)17-21-10-11-22(28)16-24(21)29/h10-11,13-16,20H,8-9,12,17H2,1-7H3,(H,30,34)/t20-/m1/s1. The third-order valence-corrected chi connectivity index (χ3v) is 7.45. The molecule has 7 nitrogen and oxygen atoms in total. The van der Waals surface area contributed by atoms with Crippen molar-refractivity contribution in [2.45, 2.75) is 72.5 Å². The normalized spacial score (nSPS) is 12.7. The highest BCUT2D eigenvalue weighted by atomic mass is 35.5. The Labute approximate surface area is 231 Å². The molecule has 0 aliphatic rings. The van der Waals surface area contributed by atoms with Crippen LogP contribution < -0.4 is 9.62 Å². The largest absolute Gasteiger partial charge is 0.350 e. The molecular formula is C27H37Cl2N3O4S. The molecule has 0 spiro atoms. The van der Waals surface area contributed by atoms with Gasteiger partial charge in [-0.1, -0.05) is 35.3 Å². The van der Waals surface area contributed by atoms with E-state index in [1.165, 1.54) is 9.21 Å². The van der Waals surface area contributed by atoms with E-state index in [2.05, 4.69) is 5.32 Å². The number of anilines is 1. The van der Waals surface area contributed by atoms with E-state index in [-0.39, 0.29) is 37.7 Å². The van der Waals surface area contributed by atoms with Crippen LogP contribution in [0.15, 0.2) is 36.4 Å². The van der Waals surface area contributed by atoms with Gasteiger partial charge in [-0.3, -0.25) is 13.9 Å². The fourth-order valence-electron chi connectivity index (χ4n) is 3.99. The van der Waals surface area contributed by atoms with Crippen molar-refractivity contribution < 1.29 is 18.0 Å². The fraction of sp³-hybridized carbons (Fsp3) is 0.481. The second kappa shape index (κ2) is 12.5. The zero-order chi connectivity index (χ0) is 28.1. The summed E-state index contributed by atoms with van der Waals surface area (Å²) in [5.74, 6) is -0.574. The average molecular weight is 571 g/mol. The lowest BCUT2D eigenvalue weighted by Crippen LogP contribution is -2.52. The van der Waals surface area contributed by atoms with Crippen LogP contribution in [0, 0.1) is 13.8 Å². The van der Waals surface area contributed by atoms with Crippen LogP contribution in [0.3, 0.4) is 0 Å². The highest BCUT2D eigenvalue weighted by molar-refractivity contribution is 7.92. The van der Waals surface area contributed by atoms with Gasteiger partial charge in [-0.25, -0.2) is 8.42 Å². The van der Waals surface area contributed by atoms with Crippen molar-refractivity contribution >= 4 is 50.7 Å². The summed E-state index contributed by atoms with van der Waals surface area (Å²) in [6.07, 6.45) is 1.48. The van der Waals surface area contributed by atoms with Crippen LogP contribution in [0.1, 0.15) is 57.2 Å². The van der Waals surface area contributed by atoms with Crippen molar-refractivity contribution in [3.05, 3.63) is 63.1 Å². The summed E-state index contributed by atoms with van der Waals surface area (Å²) in [4.78, 5) is 27.8. The third kappa shape index (κ3) is 9.51. The first-order valence-electron chi connectivity index (χ1n) is 12.1. The molecule has 2 aromatic carbocycles. The van der Waals surface area contributed by atoms with Gasteiger partial charge in [0.2, 0.25) is 21.8 Å². The second-order valence-corrected chi connectivity index (χ2v) is 13.2. The Hall–Kier alpha value is -2.29. The number of hydrogen-bond acceptors (Lipinski definition) is 4. The summed E-state index contributed by atoms with van der Waals surface area (Å²) in [6.45, 7) is 11.3. The second-order valence-electron chi connectivity index (χ2n) is 10.5. The molecule has 2 amide bonds. The Bertz CT molecular complexity index is 1220. The highest BCUT2D eigenvalue weighted by Crippen LogP contribution is 2.25. The number of carbonyl (C=O) groups excluding carboxylic acids is 2. The molecule has 37 heavy (non-hydrogen) atoms. The molecule has 10 heteroatoms. The molecule has 0 heterocycles. The Morgan fingerprint density at radius 3 is 2.14 bits per heavy atom. The molecule has 0 aromatic heterocycles. The number of aryl methyl sites for hydroxylation is 2. The third-order valence-electron chi connectivity index (χ3n) is 5.67. The Morgan fingerprint density at radius 1 is 1.03 bits per heavy atom. The number of benzene rings is 2. The predicted octanol–water partition coefficient (Wildman–Crippen LogP) is 5.49. The molecule has 0 saturated heterocycles. The molecule has 0 saturated carbocycles. The van der Waals surface area contributed by atoms with Gasteiger partial charge in [-0.15, -0.1) is 0 Å². The number of amides is 2. The van der Waals surface area contributed by atoms with Gasteiger partial charge in [0.1, 0.15) is 6.04 Å². The first-order chi connectivity index (χ1) is 17.0. The Morgan fingerprint density at radius 2 is 1.62 bits per heavy atom. The van der Waals surface area contributed by atoms with Crippen LogP contribution in [0.2, 0.25) is 10.0 Å². The van der Waals surface area contributed by atoms with E-state index in [1.807, 2.05) is 52.8 Å². The van der Waals surface area contributed by atoms with Crippen LogP contribution in [-0.4, -0.2) is 49.5 Å². The molecule has 0 unspecified atom stereocenters. The van der Waals surface area contributed by atoms with Gasteiger partial charge in [-0.05, 0) is 88.9 Å². The fourth-order valence-corrected chi connectivity index (χ4v) is 5.41. The number of nitrogens with zero attached hydrogens (tertiary/aromatic N) is 2. The number of nitrogens with one attached hydrogen (secondary N) is 1. The minimum absolute atomic E-state index is 0.0508. The van der Waals surface area contributed by atoms with E-state index in [0.717, 1.165) is 17.4 Å². The van der Waals surface area contributed by atoms with Gasteiger partial charge in [-0.2, -0.15) is 0 Å². The number of carbonyl (C=O) groups is 2. The molecule has 0 aliphatic heterocycles. The number of hydrogen-bond donors (Lipinski definition) is 1. The maximum absolute atomic E-state index is 13.4. The van der Waals surface area contributed by atoms with E-state index >= 15 is 0 Å². The molecule has 0 aliphatic carbocycles. The van der Waals surface area contributed by atoms with Crippen LogP contribution in [0.5, 0.6) is 0 Å². The van der Waals surface area contributed by atoms with Crippen molar-refractivity contribution in [3.63, 3.8) is 0 Å². The summed E-state index contributed by atoms with van der Waals surface area (Å²) < 4.78 is 26.4. The lowest BCUT2D eigenvalue weighted by atomic mass is 10.1. The number of sulfonamides is 1. The predicted molar refractivity (Wildman–Crippen MR) is 152 cm³/mol. The molecule has 2 rings (SSSR count). The number of rotatable bonds is 10. The van der Waals surface area contributed by atoms with Gasteiger partial charge < -0.3 is 10.2 Å². The monoisotopic (exact) mass is 569 g/mol. The van der Waals surface area contributed by atoms with Gasteiger partial charge >= 0.3 is 0 Å². The van der Waals surface area contributed by atoms with E-state index in [4.69, 9.17) is 23.2 Å². The topological polar surface area (TPSA) is 86.8 Å². The van der Waals surface area contributed by atoms with Crippen molar-refractivity contribution in [2.24, 2.45) is 0 Å². The summed E-state index contributed by atoms with van der Waals surface area (Å²) in [5, 5.41) is 3.78. The highest BCUT2D eigenvalue weighted by Gasteiger charge is 2.29. The smallest absolute Gasteiger partial charge is 0.242 e. The average Bonchev–Trinajstić information content (AvgIpc) is 2.72. The molecule has 0 fully saturated rings.